The maximum Gasteiger partial charge on any atom is 0.104 e. The van der Waals surface area contributed by atoms with Crippen LogP contribution in [0.15, 0.2) is 0 Å². The molecule has 0 aliphatic rings. The van der Waals surface area contributed by atoms with Crippen LogP contribution in [-0.4, -0.2) is 29.6 Å². The van der Waals surface area contributed by atoms with Crippen LogP contribution in [0, 0.1) is 0 Å². The number of rotatable bonds is 4. The van der Waals surface area contributed by atoms with Gasteiger partial charge < -0.3 is 10.2 Å². The molecule has 0 saturated carbocycles. The van der Waals surface area contributed by atoms with Crippen LogP contribution in [-0.2, 0) is 0 Å². The number of aliphatic hydroxyl groups is 2. The van der Waals surface area contributed by atoms with Gasteiger partial charge in [-0.3, -0.25) is 5.32 Å². The number of aliphatic hydroxyl groups excluding tert-OH is 2. The molecular weight excluding hydrogens is 118 g/mol. The van der Waals surface area contributed by atoms with E-state index in [-0.39, 0.29) is 6.10 Å². The Bertz CT molecular complexity index is 66.1. The van der Waals surface area contributed by atoms with Gasteiger partial charge in [0, 0.05) is 0 Å². The minimum Gasteiger partial charge on any atom is -0.393 e. The maximum atomic E-state index is 8.88. The Morgan fingerprint density at radius 3 is 2.22 bits per heavy atom. The topological polar surface area (TPSA) is 52.5 Å². The van der Waals surface area contributed by atoms with E-state index in [2.05, 4.69) is 5.32 Å². The van der Waals surface area contributed by atoms with Crippen LogP contribution >= 0.6 is 0 Å². The molecule has 0 radical (unpaired) electrons. The zero-order valence-electron chi connectivity index (χ0n) is 5.96. The van der Waals surface area contributed by atoms with Gasteiger partial charge in [-0.2, -0.15) is 0 Å². The lowest BCUT2D eigenvalue weighted by atomic mass is 10.2. The highest BCUT2D eigenvalue weighted by Crippen LogP contribution is 1.97. The van der Waals surface area contributed by atoms with Crippen LogP contribution in [0.25, 0.3) is 0 Å². The van der Waals surface area contributed by atoms with E-state index in [0.717, 1.165) is 0 Å². The van der Waals surface area contributed by atoms with Crippen molar-refractivity contribution in [1.29, 1.82) is 0 Å². The first kappa shape index (κ1) is 8.88. The highest BCUT2D eigenvalue weighted by atomic mass is 16.3. The molecule has 3 nitrogen and oxygen atoms in total. The molecule has 0 aromatic rings. The second-order valence-electron chi connectivity index (χ2n) is 2.23. The summed E-state index contributed by atoms with van der Waals surface area (Å²) in [6.45, 7) is 1.71. The van der Waals surface area contributed by atoms with E-state index in [0.29, 0.717) is 12.8 Å². The minimum absolute atomic E-state index is 0.312. The number of nitrogens with one attached hydrogen (secondary N) is 1. The van der Waals surface area contributed by atoms with E-state index >= 15 is 0 Å². The number of hydrogen-bond acceptors (Lipinski definition) is 3. The standard InChI is InChI=1S/C6H15NO2/c1-5(8)3-4-6(9)7-2/h5-9H,3-4H2,1-2H3. The van der Waals surface area contributed by atoms with Crippen molar-refractivity contribution >= 4 is 0 Å². The highest BCUT2D eigenvalue weighted by Gasteiger charge is 2.01. The van der Waals surface area contributed by atoms with Crippen LogP contribution < -0.4 is 5.32 Å². The summed E-state index contributed by atoms with van der Waals surface area (Å²) in [6, 6.07) is 0. The molecule has 0 bridgehead atoms. The Morgan fingerprint density at radius 1 is 1.33 bits per heavy atom. The van der Waals surface area contributed by atoms with Crippen molar-refractivity contribution in [3.63, 3.8) is 0 Å². The van der Waals surface area contributed by atoms with E-state index in [1.165, 1.54) is 0 Å². The maximum absolute atomic E-state index is 8.88. The van der Waals surface area contributed by atoms with Crippen molar-refractivity contribution in [2.24, 2.45) is 0 Å². The van der Waals surface area contributed by atoms with Crippen molar-refractivity contribution in [2.75, 3.05) is 7.05 Å². The van der Waals surface area contributed by atoms with Gasteiger partial charge in [0.2, 0.25) is 0 Å². The monoisotopic (exact) mass is 133 g/mol. The normalized spacial score (nSPS) is 17.3. The highest BCUT2D eigenvalue weighted by molar-refractivity contribution is 4.52. The van der Waals surface area contributed by atoms with Gasteiger partial charge >= 0.3 is 0 Å². The summed E-state index contributed by atoms with van der Waals surface area (Å²) in [7, 11) is 1.69. The fourth-order valence-corrected chi connectivity index (χ4v) is 0.543. The molecule has 3 heteroatoms. The second-order valence-corrected chi connectivity index (χ2v) is 2.23. The largest absolute Gasteiger partial charge is 0.393 e. The molecule has 9 heavy (non-hydrogen) atoms. The Morgan fingerprint density at radius 2 is 1.89 bits per heavy atom. The van der Waals surface area contributed by atoms with Gasteiger partial charge in [-0.05, 0) is 26.8 Å². The lowest BCUT2D eigenvalue weighted by Crippen LogP contribution is -2.25. The Balaban J connectivity index is 3.06. The van der Waals surface area contributed by atoms with Gasteiger partial charge in [0.15, 0.2) is 0 Å². The Labute approximate surface area is 55.7 Å². The van der Waals surface area contributed by atoms with Gasteiger partial charge in [0.05, 0.1) is 6.10 Å². The van der Waals surface area contributed by atoms with Crippen molar-refractivity contribution in [3.05, 3.63) is 0 Å². The molecule has 0 spiro atoms. The summed E-state index contributed by atoms with van der Waals surface area (Å²) < 4.78 is 0. The van der Waals surface area contributed by atoms with E-state index in [9.17, 15) is 0 Å². The molecule has 0 fully saturated rings. The third kappa shape index (κ3) is 5.76. The van der Waals surface area contributed by atoms with Gasteiger partial charge in [0.1, 0.15) is 6.23 Å². The first-order valence-corrected chi connectivity index (χ1v) is 3.20. The van der Waals surface area contributed by atoms with Gasteiger partial charge in [0.25, 0.3) is 0 Å². The fraction of sp³-hybridized carbons (Fsp3) is 1.00. The lowest BCUT2D eigenvalue weighted by Gasteiger charge is -2.09. The van der Waals surface area contributed by atoms with E-state index in [1.54, 1.807) is 14.0 Å². The molecule has 0 amide bonds. The molecule has 0 aromatic carbocycles. The molecule has 2 unspecified atom stereocenters. The summed E-state index contributed by atoms with van der Waals surface area (Å²) in [5, 5.41) is 20.3. The predicted octanol–water partition coefficient (Wildman–Crippen LogP) is -0.315. The molecule has 3 N–H and O–H groups in total. The molecule has 0 saturated heterocycles. The molecule has 0 heterocycles. The van der Waals surface area contributed by atoms with Crippen molar-refractivity contribution in [3.8, 4) is 0 Å². The zero-order valence-corrected chi connectivity index (χ0v) is 5.96. The summed E-state index contributed by atoms with van der Waals surface area (Å²) in [6.07, 6.45) is 0.462. The molecular formula is C6H15NO2. The molecule has 2 atom stereocenters. The Kier molecular flexibility index (Phi) is 4.67. The van der Waals surface area contributed by atoms with Gasteiger partial charge in [-0.25, -0.2) is 0 Å². The third-order valence-electron chi connectivity index (χ3n) is 1.19. The molecule has 0 aliphatic carbocycles. The Hall–Kier alpha value is -0.120. The van der Waals surface area contributed by atoms with Crippen LogP contribution in [0.2, 0.25) is 0 Å². The summed E-state index contributed by atoms with van der Waals surface area (Å²) in [5.74, 6) is 0. The van der Waals surface area contributed by atoms with E-state index < -0.39 is 6.23 Å². The summed E-state index contributed by atoms with van der Waals surface area (Å²) in [4.78, 5) is 0. The quantitative estimate of drug-likeness (QED) is 0.461. The second kappa shape index (κ2) is 4.73. The van der Waals surface area contributed by atoms with Crippen LogP contribution in [0.1, 0.15) is 19.8 Å². The third-order valence-corrected chi connectivity index (χ3v) is 1.19. The minimum atomic E-state index is -0.473. The van der Waals surface area contributed by atoms with Gasteiger partial charge in [-0.1, -0.05) is 0 Å². The van der Waals surface area contributed by atoms with Crippen molar-refractivity contribution in [2.45, 2.75) is 32.1 Å². The summed E-state index contributed by atoms with van der Waals surface area (Å²) >= 11 is 0. The predicted molar refractivity (Wildman–Crippen MR) is 36.0 cm³/mol. The van der Waals surface area contributed by atoms with E-state index in [1.807, 2.05) is 0 Å². The first-order chi connectivity index (χ1) is 4.16. The molecule has 56 valence electrons. The van der Waals surface area contributed by atoms with Crippen molar-refractivity contribution < 1.29 is 10.2 Å². The number of hydrogen-bond donors (Lipinski definition) is 3. The summed E-state index contributed by atoms with van der Waals surface area (Å²) in [5.41, 5.74) is 0. The lowest BCUT2D eigenvalue weighted by molar-refractivity contribution is 0.105. The molecule has 0 aromatic heterocycles. The average Bonchev–Trinajstić information content (AvgIpc) is 1.83. The first-order valence-electron chi connectivity index (χ1n) is 3.20. The molecule has 0 rings (SSSR count). The van der Waals surface area contributed by atoms with Gasteiger partial charge in [-0.15, -0.1) is 0 Å². The average molecular weight is 133 g/mol. The van der Waals surface area contributed by atoms with E-state index in [4.69, 9.17) is 10.2 Å². The van der Waals surface area contributed by atoms with Crippen LogP contribution in [0.3, 0.4) is 0 Å². The SMILES string of the molecule is CNC(O)CCC(C)O. The smallest absolute Gasteiger partial charge is 0.104 e. The van der Waals surface area contributed by atoms with Crippen LogP contribution in [0.4, 0.5) is 0 Å². The zero-order chi connectivity index (χ0) is 7.28. The van der Waals surface area contributed by atoms with Crippen molar-refractivity contribution in [1.82, 2.24) is 5.32 Å². The van der Waals surface area contributed by atoms with Crippen LogP contribution in [0.5, 0.6) is 0 Å². The molecule has 0 aliphatic heterocycles. The fourth-order valence-electron chi connectivity index (χ4n) is 0.543.